The van der Waals surface area contributed by atoms with Gasteiger partial charge in [-0.2, -0.15) is 5.21 Å². The van der Waals surface area contributed by atoms with E-state index in [0.29, 0.717) is 0 Å². The van der Waals surface area contributed by atoms with Gasteiger partial charge < -0.3 is 10.2 Å². The molecule has 0 bridgehead atoms. The van der Waals surface area contributed by atoms with Crippen LogP contribution in [0.3, 0.4) is 0 Å². The normalized spacial score (nSPS) is 21.1. The summed E-state index contributed by atoms with van der Waals surface area (Å²) in [7, 11) is 2.19. The van der Waals surface area contributed by atoms with Gasteiger partial charge in [0.1, 0.15) is 0 Å². The van der Waals surface area contributed by atoms with Crippen molar-refractivity contribution in [1.29, 1.82) is 0 Å². The number of hydrogen-bond donors (Lipinski definition) is 2. The highest BCUT2D eigenvalue weighted by atomic mass is 15.5. The van der Waals surface area contributed by atoms with E-state index in [-0.39, 0.29) is 6.04 Å². The topological polar surface area (TPSA) is 69.7 Å². The standard InChI is InChI=1S/C10H20N6/c1-8(10-12-14-15-13-10)11-7-9-3-5-16(2)6-4-9/h8-9,11H,3-7H2,1-2H3,(H,12,13,14,15). The SMILES string of the molecule is CC(NCC1CCN(C)CC1)c1nn[nH]n1. The molecule has 1 atom stereocenters. The van der Waals surface area contributed by atoms with Crippen LogP contribution in [-0.4, -0.2) is 52.2 Å². The van der Waals surface area contributed by atoms with E-state index in [9.17, 15) is 0 Å². The average Bonchev–Trinajstić information content (AvgIpc) is 2.81. The molecule has 1 aliphatic rings. The Bertz CT molecular complexity index is 290. The van der Waals surface area contributed by atoms with E-state index in [2.05, 4.69) is 44.8 Å². The molecule has 2 N–H and O–H groups in total. The molecule has 2 heterocycles. The number of nitrogens with zero attached hydrogens (tertiary/aromatic N) is 4. The lowest BCUT2D eigenvalue weighted by Crippen LogP contribution is -2.35. The highest BCUT2D eigenvalue weighted by molar-refractivity contribution is 4.86. The van der Waals surface area contributed by atoms with Crippen molar-refractivity contribution in [1.82, 2.24) is 30.8 Å². The van der Waals surface area contributed by atoms with Crippen molar-refractivity contribution >= 4 is 0 Å². The fraction of sp³-hybridized carbons (Fsp3) is 0.900. The summed E-state index contributed by atoms with van der Waals surface area (Å²) in [5.41, 5.74) is 0. The zero-order valence-electron chi connectivity index (χ0n) is 9.98. The largest absolute Gasteiger partial charge is 0.307 e. The van der Waals surface area contributed by atoms with Gasteiger partial charge >= 0.3 is 0 Å². The number of piperidine rings is 1. The highest BCUT2D eigenvalue weighted by Crippen LogP contribution is 2.16. The van der Waals surface area contributed by atoms with E-state index < -0.39 is 0 Å². The molecule has 2 rings (SSSR count). The Morgan fingerprint density at radius 3 is 2.88 bits per heavy atom. The summed E-state index contributed by atoms with van der Waals surface area (Å²) < 4.78 is 0. The van der Waals surface area contributed by atoms with Crippen LogP contribution in [0.1, 0.15) is 31.6 Å². The van der Waals surface area contributed by atoms with Crippen molar-refractivity contribution in [3.8, 4) is 0 Å². The van der Waals surface area contributed by atoms with Crippen LogP contribution in [0.4, 0.5) is 0 Å². The van der Waals surface area contributed by atoms with Crippen LogP contribution in [-0.2, 0) is 0 Å². The van der Waals surface area contributed by atoms with Crippen molar-refractivity contribution in [2.24, 2.45) is 5.92 Å². The number of nitrogens with one attached hydrogen (secondary N) is 2. The van der Waals surface area contributed by atoms with Crippen molar-refractivity contribution in [2.45, 2.75) is 25.8 Å². The van der Waals surface area contributed by atoms with Gasteiger partial charge in [0.05, 0.1) is 6.04 Å². The fourth-order valence-electron chi connectivity index (χ4n) is 2.05. The molecule has 1 aromatic heterocycles. The Labute approximate surface area is 95.8 Å². The second kappa shape index (κ2) is 5.36. The Balaban J connectivity index is 1.71. The molecule has 0 amide bonds. The van der Waals surface area contributed by atoms with Crippen molar-refractivity contribution in [3.63, 3.8) is 0 Å². The van der Waals surface area contributed by atoms with Crippen LogP contribution < -0.4 is 5.32 Å². The predicted molar refractivity (Wildman–Crippen MR) is 60.8 cm³/mol. The summed E-state index contributed by atoms with van der Waals surface area (Å²) in [6.07, 6.45) is 2.56. The van der Waals surface area contributed by atoms with Crippen LogP contribution in [0, 0.1) is 5.92 Å². The molecule has 1 saturated heterocycles. The van der Waals surface area contributed by atoms with E-state index >= 15 is 0 Å². The van der Waals surface area contributed by atoms with Crippen LogP contribution in [0.15, 0.2) is 0 Å². The van der Waals surface area contributed by atoms with E-state index in [1.165, 1.54) is 25.9 Å². The molecule has 1 unspecified atom stereocenters. The molecule has 0 aromatic carbocycles. The molecule has 6 nitrogen and oxygen atoms in total. The van der Waals surface area contributed by atoms with Crippen molar-refractivity contribution in [3.05, 3.63) is 5.82 Å². The molecular formula is C10H20N6. The minimum atomic E-state index is 0.179. The molecule has 0 spiro atoms. The molecule has 6 heteroatoms. The lowest BCUT2D eigenvalue weighted by molar-refractivity contribution is 0.213. The van der Waals surface area contributed by atoms with Crippen LogP contribution in [0.25, 0.3) is 0 Å². The molecule has 1 aliphatic heterocycles. The summed E-state index contributed by atoms with van der Waals surface area (Å²) in [6, 6.07) is 0.179. The zero-order valence-corrected chi connectivity index (χ0v) is 9.98. The number of rotatable bonds is 4. The van der Waals surface area contributed by atoms with Crippen molar-refractivity contribution < 1.29 is 0 Å². The first-order chi connectivity index (χ1) is 7.75. The molecule has 1 fully saturated rings. The lowest BCUT2D eigenvalue weighted by atomic mass is 9.97. The Morgan fingerprint density at radius 2 is 2.25 bits per heavy atom. The summed E-state index contributed by atoms with van der Waals surface area (Å²) in [5, 5.41) is 17.5. The monoisotopic (exact) mass is 224 g/mol. The number of hydrogen-bond acceptors (Lipinski definition) is 5. The summed E-state index contributed by atoms with van der Waals surface area (Å²) in [6.45, 7) is 5.54. The number of aromatic nitrogens is 4. The lowest BCUT2D eigenvalue weighted by Gasteiger charge is -2.29. The second-order valence-electron chi connectivity index (χ2n) is 4.65. The van der Waals surface area contributed by atoms with Gasteiger partial charge in [0.25, 0.3) is 0 Å². The van der Waals surface area contributed by atoms with Crippen LogP contribution in [0.2, 0.25) is 0 Å². The van der Waals surface area contributed by atoms with Crippen LogP contribution >= 0.6 is 0 Å². The van der Waals surface area contributed by atoms with E-state index in [1.807, 2.05) is 0 Å². The zero-order chi connectivity index (χ0) is 11.4. The molecule has 0 radical (unpaired) electrons. The number of H-pyrrole nitrogens is 1. The minimum Gasteiger partial charge on any atom is -0.307 e. The Hall–Kier alpha value is -1.01. The van der Waals surface area contributed by atoms with E-state index in [0.717, 1.165) is 18.3 Å². The van der Waals surface area contributed by atoms with Gasteiger partial charge in [-0.25, -0.2) is 0 Å². The molecule has 0 aliphatic carbocycles. The highest BCUT2D eigenvalue weighted by Gasteiger charge is 2.18. The number of tetrazole rings is 1. The maximum atomic E-state index is 3.97. The third-order valence-corrected chi connectivity index (χ3v) is 3.30. The second-order valence-corrected chi connectivity index (χ2v) is 4.65. The molecule has 1 aromatic rings. The van der Waals surface area contributed by atoms with Crippen LogP contribution in [0.5, 0.6) is 0 Å². The van der Waals surface area contributed by atoms with E-state index in [4.69, 9.17) is 0 Å². The molecule has 90 valence electrons. The summed E-state index contributed by atoms with van der Waals surface area (Å²) in [5.74, 6) is 1.53. The maximum Gasteiger partial charge on any atom is 0.191 e. The number of likely N-dealkylation sites (tertiary alicyclic amines) is 1. The first-order valence-electron chi connectivity index (χ1n) is 5.91. The molecule has 0 saturated carbocycles. The van der Waals surface area contributed by atoms with Crippen molar-refractivity contribution in [2.75, 3.05) is 26.7 Å². The third-order valence-electron chi connectivity index (χ3n) is 3.30. The van der Waals surface area contributed by atoms with Gasteiger partial charge in [0, 0.05) is 0 Å². The first-order valence-corrected chi connectivity index (χ1v) is 5.91. The van der Waals surface area contributed by atoms with Gasteiger partial charge in [0.15, 0.2) is 5.82 Å². The summed E-state index contributed by atoms with van der Waals surface area (Å²) in [4.78, 5) is 2.39. The summed E-state index contributed by atoms with van der Waals surface area (Å²) >= 11 is 0. The number of aromatic amines is 1. The average molecular weight is 224 g/mol. The van der Waals surface area contributed by atoms with Gasteiger partial charge in [-0.3, -0.25) is 0 Å². The Morgan fingerprint density at radius 1 is 1.50 bits per heavy atom. The first kappa shape index (κ1) is 11.5. The van der Waals surface area contributed by atoms with Gasteiger partial charge in [-0.1, -0.05) is 5.21 Å². The smallest absolute Gasteiger partial charge is 0.191 e. The van der Waals surface area contributed by atoms with E-state index in [1.54, 1.807) is 0 Å². The quantitative estimate of drug-likeness (QED) is 0.764. The van der Waals surface area contributed by atoms with Gasteiger partial charge in [0.2, 0.25) is 0 Å². The predicted octanol–water partition coefficient (Wildman–Crippen LogP) is 0.192. The molecule has 16 heavy (non-hydrogen) atoms. The molecular weight excluding hydrogens is 204 g/mol. The maximum absolute atomic E-state index is 3.97. The van der Waals surface area contributed by atoms with Gasteiger partial charge in [-0.05, 0) is 52.4 Å². The van der Waals surface area contributed by atoms with Gasteiger partial charge in [-0.15, -0.1) is 10.2 Å². The Kier molecular flexibility index (Phi) is 3.84. The fourth-order valence-corrected chi connectivity index (χ4v) is 2.05. The minimum absolute atomic E-state index is 0.179. The third kappa shape index (κ3) is 2.99.